The van der Waals surface area contributed by atoms with Crippen LogP contribution in [-0.4, -0.2) is 49.5 Å². The van der Waals surface area contributed by atoms with Gasteiger partial charge in [-0.25, -0.2) is 4.98 Å². The molecule has 154 valence electrons. The average molecular weight is 396 g/mol. The van der Waals surface area contributed by atoms with Crippen LogP contribution in [0.5, 0.6) is 0 Å². The van der Waals surface area contributed by atoms with E-state index in [9.17, 15) is 9.59 Å². The summed E-state index contributed by atoms with van der Waals surface area (Å²) in [5, 5.41) is 5.91. The molecule has 3 rings (SSSR count). The Morgan fingerprint density at radius 3 is 2.76 bits per heavy atom. The highest BCUT2D eigenvalue weighted by Crippen LogP contribution is 2.24. The summed E-state index contributed by atoms with van der Waals surface area (Å²) in [5.74, 6) is -0.278. The molecule has 0 bridgehead atoms. The second kappa shape index (κ2) is 10.3. The molecule has 1 aliphatic rings. The first-order valence-electron chi connectivity index (χ1n) is 10.2. The third-order valence-electron chi connectivity index (χ3n) is 5.30. The zero-order chi connectivity index (χ0) is 20.6. The first-order chi connectivity index (χ1) is 14.1. The number of Topliss-reactive ketones (excluding diaryl/α,β-unsaturated/α-hetero) is 1. The van der Waals surface area contributed by atoms with Gasteiger partial charge in [-0.05, 0) is 30.5 Å². The first kappa shape index (κ1) is 21.1. The standard InChI is InChI=1S/C23H29N3O3/c1-16(17-7-4-3-5-8-17)20-13-18(14-21(26-20)23(28)24-2)22(27)10-6-9-19-15-25-11-12-29-19/h3-5,7-8,13-14,16,19,25H,6,9-12,15H2,1-2H3,(H,24,28)/t16-,19+/m1/s1. The van der Waals surface area contributed by atoms with Crippen LogP contribution < -0.4 is 10.6 Å². The van der Waals surface area contributed by atoms with Crippen molar-refractivity contribution in [2.75, 3.05) is 26.7 Å². The minimum Gasteiger partial charge on any atom is -0.376 e. The van der Waals surface area contributed by atoms with E-state index in [2.05, 4.69) is 15.6 Å². The first-order valence-corrected chi connectivity index (χ1v) is 10.2. The van der Waals surface area contributed by atoms with Crippen LogP contribution in [0, 0.1) is 0 Å². The number of carbonyl (C=O) groups is 2. The molecular weight excluding hydrogens is 366 g/mol. The molecule has 1 fully saturated rings. The van der Waals surface area contributed by atoms with Gasteiger partial charge in [-0.3, -0.25) is 9.59 Å². The average Bonchev–Trinajstić information content (AvgIpc) is 2.79. The molecule has 29 heavy (non-hydrogen) atoms. The lowest BCUT2D eigenvalue weighted by Crippen LogP contribution is -2.38. The summed E-state index contributed by atoms with van der Waals surface area (Å²) in [6, 6.07) is 13.4. The summed E-state index contributed by atoms with van der Waals surface area (Å²) in [4.78, 5) is 29.6. The molecule has 1 aliphatic heterocycles. The number of morpholine rings is 1. The molecule has 2 N–H and O–H groups in total. The van der Waals surface area contributed by atoms with Crippen molar-refractivity contribution in [1.82, 2.24) is 15.6 Å². The van der Waals surface area contributed by atoms with Crippen LogP contribution in [0.4, 0.5) is 0 Å². The maximum atomic E-state index is 12.8. The van der Waals surface area contributed by atoms with Crippen molar-refractivity contribution >= 4 is 11.7 Å². The molecule has 0 spiro atoms. The second-order valence-electron chi connectivity index (χ2n) is 7.39. The Hall–Kier alpha value is -2.57. The predicted molar refractivity (Wildman–Crippen MR) is 112 cm³/mol. The summed E-state index contributed by atoms with van der Waals surface area (Å²) >= 11 is 0. The van der Waals surface area contributed by atoms with Crippen LogP contribution in [0.25, 0.3) is 0 Å². The molecule has 0 unspecified atom stereocenters. The molecule has 1 amide bonds. The van der Waals surface area contributed by atoms with Crippen molar-refractivity contribution in [2.24, 2.45) is 0 Å². The number of amides is 1. The van der Waals surface area contributed by atoms with E-state index in [1.807, 2.05) is 43.3 Å². The van der Waals surface area contributed by atoms with Crippen LogP contribution in [0.15, 0.2) is 42.5 Å². The zero-order valence-corrected chi connectivity index (χ0v) is 17.1. The van der Waals surface area contributed by atoms with Gasteiger partial charge >= 0.3 is 0 Å². The van der Waals surface area contributed by atoms with Gasteiger partial charge in [0, 0.05) is 43.7 Å². The van der Waals surface area contributed by atoms with Gasteiger partial charge in [0.1, 0.15) is 5.69 Å². The van der Waals surface area contributed by atoms with Crippen LogP contribution in [-0.2, 0) is 4.74 Å². The monoisotopic (exact) mass is 395 g/mol. The number of carbonyl (C=O) groups excluding carboxylic acids is 2. The van der Waals surface area contributed by atoms with Crippen molar-refractivity contribution in [2.45, 2.75) is 38.2 Å². The minimum atomic E-state index is -0.289. The molecular formula is C23H29N3O3. The van der Waals surface area contributed by atoms with E-state index in [1.54, 1.807) is 13.1 Å². The molecule has 2 atom stereocenters. The summed E-state index contributed by atoms with van der Waals surface area (Å²) in [6.45, 7) is 4.48. The van der Waals surface area contributed by atoms with Gasteiger partial charge in [-0.2, -0.15) is 0 Å². The van der Waals surface area contributed by atoms with Crippen molar-refractivity contribution in [3.05, 3.63) is 65.0 Å². The molecule has 0 aliphatic carbocycles. The smallest absolute Gasteiger partial charge is 0.269 e. The maximum Gasteiger partial charge on any atom is 0.269 e. The number of ether oxygens (including phenoxy) is 1. The summed E-state index contributed by atoms with van der Waals surface area (Å²) in [5.41, 5.74) is 2.63. The largest absolute Gasteiger partial charge is 0.376 e. The third-order valence-corrected chi connectivity index (χ3v) is 5.30. The zero-order valence-electron chi connectivity index (χ0n) is 17.1. The summed E-state index contributed by atoms with van der Waals surface area (Å²) < 4.78 is 5.69. The predicted octanol–water partition coefficient (Wildman–Crippen LogP) is 2.93. The van der Waals surface area contributed by atoms with Crippen molar-refractivity contribution in [3.63, 3.8) is 0 Å². The molecule has 6 heteroatoms. The number of hydrogen-bond donors (Lipinski definition) is 2. The Bertz CT molecular complexity index is 833. The third kappa shape index (κ3) is 5.71. The minimum absolute atomic E-state index is 0.0194. The van der Waals surface area contributed by atoms with E-state index in [-0.39, 0.29) is 29.4 Å². The van der Waals surface area contributed by atoms with Crippen LogP contribution in [0.3, 0.4) is 0 Å². The van der Waals surface area contributed by atoms with Gasteiger partial charge in [0.05, 0.1) is 12.7 Å². The highest BCUT2D eigenvalue weighted by molar-refractivity contribution is 5.99. The lowest BCUT2D eigenvalue weighted by atomic mass is 9.94. The molecule has 1 saturated heterocycles. The van der Waals surface area contributed by atoms with Crippen LogP contribution in [0.2, 0.25) is 0 Å². The van der Waals surface area contributed by atoms with Crippen molar-refractivity contribution in [1.29, 1.82) is 0 Å². The molecule has 0 radical (unpaired) electrons. The number of pyridine rings is 1. The van der Waals surface area contributed by atoms with E-state index in [4.69, 9.17) is 4.74 Å². The molecule has 1 aromatic heterocycles. The summed E-state index contributed by atoms with van der Waals surface area (Å²) in [6.07, 6.45) is 2.20. The van der Waals surface area contributed by atoms with E-state index >= 15 is 0 Å². The van der Waals surface area contributed by atoms with Crippen LogP contribution in [0.1, 0.15) is 64.2 Å². The van der Waals surface area contributed by atoms with E-state index < -0.39 is 0 Å². The van der Waals surface area contributed by atoms with E-state index in [1.165, 1.54) is 0 Å². The lowest BCUT2D eigenvalue weighted by Gasteiger charge is -2.23. The summed E-state index contributed by atoms with van der Waals surface area (Å²) in [7, 11) is 1.57. The van der Waals surface area contributed by atoms with Gasteiger partial charge in [-0.1, -0.05) is 37.3 Å². The fourth-order valence-electron chi connectivity index (χ4n) is 3.53. The topological polar surface area (TPSA) is 80.3 Å². The van der Waals surface area contributed by atoms with Crippen LogP contribution >= 0.6 is 0 Å². The Morgan fingerprint density at radius 1 is 1.28 bits per heavy atom. The van der Waals surface area contributed by atoms with E-state index in [0.717, 1.165) is 43.8 Å². The quantitative estimate of drug-likeness (QED) is 0.672. The van der Waals surface area contributed by atoms with Gasteiger partial charge < -0.3 is 15.4 Å². The van der Waals surface area contributed by atoms with Crippen molar-refractivity contribution < 1.29 is 14.3 Å². The number of rotatable bonds is 8. The molecule has 0 saturated carbocycles. The van der Waals surface area contributed by atoms with Crippen molar-refractivity contribution in [3.8, 4) is 0 Å². The van der Waals surface area contributed by atoms with Gasteiger partial charge in [0.25, 0.3) is 5.91 Å². The van der Waals surface area contributed by atoms with E-state index in [0.29, 0.717) is 12.0 Å². The Morgan fingerprint density at radius 2 is 2.07 bits per heavy atom. The Labute approximate surface area is 172 Å². The SMILES string of the molecule is CNC(=O)c1cc(C(=O)CCC[C@H]2CNCCO2)cc([C@H](C)c2ccccc2)n1. The molecule has 2 aromatic rings. The lowest BCUT2D eigenvalue weighted by molar-refractivity contribution is 0.0222. The second-order valence-corrected chi connectivity index (χ2v) is 7.39. The van der Waals surface area contributed by atoms with Gasteiger partial charge in [0.2, 0.25) is 0 Å². The number of ketones is 1. The maximum absolute atomic E-state index is 12.8. The number of nitrogens with one attached hydrogen (secondary N) is 2. The van der Waals surface area contributed by atoms with Gasteiger partial charge in [0.15, 0.2) is 5.78 Å². The molecule has 2 heterocycles. The van der Waals surface area contributed by atoms with Gasteiger partial charge in [-0.15, -0.1) is 0 Å². The highest BCUT2D eigenvalue weighted by Gasteiger charge is 2.19. The molecule has 1 aromatic carbocycles. The fourth-order valence-corrected chi connectivity index (χ4v) is 3.53. The number of benzene rings is 1. The number of nitrogens with zero attached hydrogens (tertiary/aromatic N) is 1. The Kier molecular flexibility index (Phi) is 7.49. The Balaban J connectivity index is 1.75. The molecule has 6 nitrogen and oxygen atoms in total. The number of aromatic nitrogens is 1. The number of hydrogen-bond acceptors (Lipinski definition) is 5. The highest BCUT2D eigenvalue weighted by atomic mass is 16.5. The fraction of sp³-hybridized carbons (Fsp3) is 0.435. The normalized spacial score (nSPS) is 17.5.